The lowest BCUT2D eigenvalue weighted by Gasteiger charge is -2.29. The van der Waals surface area contributed by atoms with E-state index in [1.165, 1.54) is 22.5 Å². The number of carbonyl (C=O) groups is 2. The maximum Gasteiger partial charge on any atom is 0.262 e. The summed E-state index contributed by atoms with van der Waals surface area (Å²) in [6.45, 7) is 3.90. The maximum atomic E-state index is 12.8. The van der Waals surface area contributed by atoms with Crippen LogP contribution in [0.2, 0.25) is 0 Å². The van der Waals surface area contributed by atoms with E-state index in [1.807, 2.05) is 37.4 Å². The Morgan fingerprint density at radius 2 is 1.96 bits per heavy atom. The highest BCUT2D eigenvalue weighted by atomic mass is 32.1. The van der Waals surface area contributed by atoms with Gasteiger partial charge < -0.3 is 10.6 Å². The topological polar surface area (TPSA) is 58.2 Å². The average Bonchev–Trinajstić information content (AvgIpc) is 3.14. The van der Waals surface area contributed by atoms with E-state index in [0.29, 0.717) is 4.88 Å². The molecule has 1 aromatic carbocycles. The van der Waals surface area contributed by atoms with Crippen molar-refractivity contribution in [2.75, 3.05) is 0 Å². The van der Waals surface area contributed by atoms with Gasteiger partial charge in [-0.25, -0.2) is 0 Å². The van der Waals surface area contributed by atoms with Gasteiger partial charge in [-0.05, 0) is 47.8 Å². The minimum atomic E-state index is -0.538. The fraction of sp³-hybridized carbons (Fsp3) is 0.400. The predicted molar refractivity (Wildman–Crippen MR) is 101 cm³/mol. The second kappa shape index (κ2) is 7.83. The first-order valence-electron chi connectivity index (χ1n) is 8.79. The number of rotatable bonds is 5. The molecule has 25 heavy (non-hydrogen) atoms. The molecule has 4 nitrogen and oxygen atoms in total. The van der Waals surface area contributed by atoms with Gasteiger partial charge in [-0.15, -0.1) is 11.3 Å². The van der Waals surface area contributed by atoms with E-state index in [-0.39, 0.29) is 23.8 Å². The molecular weight excluding hydrogens is 332 g/mol. The number of fused-ring (bicyclic) bond motifs is 1. The number of nitrogens with one attached hydrogen (secondary N) is 2. The first-order chi connectivity index (χ1) is 12.1. The Morgan fingerprint density at radius 3 is 2.68 bits per heavy atom. The second-order valence-electron chi connectivity index (χ2n) is 6.82. The second-order valence-corrected chi connectivity index (χ2v) is 7.77. The van der Waals surface area contributed by atoms with Gasteiger partial charge in [0.2, 0.25) is 5.91 Å². The monoisotopic (exact) mass is 356 g/mol. The van der Waals surface area contributed by atoms with Crippen molar-refractivity contribution in [2.24, 2.45) is 5.92 Å². The maximum absolute atomic E-state index is 12.8. The summed E-state index contributed by atoms with van der Waals surface area (Å²) in [6, 6.07) is 11.4. The summed E-state index contributed by atoms with van der Waals surface area (Å²) in [4.78, 5) is 25.8. The van der Waals surface area contributed by atoms with Crippen LogP contribution in [-0.2, 0) is 11.2 Å². The van der Waals surface area contributed by atoms with E-state index in [4.69, 9.17) is 0 Å². The molecule has 5 heteroatoms. The summed E-state index contributed by atoms with van der Waals surface area (Å²) in [7, 11) is 0. The molecule has 0 saturated carbocycles. The molecule has 0 bridgehead atoms. The van der Waals surface area contributed by atoms with Gasteiger partial charge in [0.05, 0.1) is 10.9 Å². The third-order valence-corrected chi connectivity index (χ3v) is 5.54. The van der Waals surface area contributed by atoms with Gasteiger partial charge in [0.1, 0.15) is 6.04 Å². The Hall–Kier alpha value is -2.14. The molecule has 132 valence electrons. The van der Waals surface area contributed by atoms with Crippen LogP contribution in [0.1, 0.15) is 53.5 Å². The van der Waals surface area contributed by atoms with Gasteiger partial charge in [-0.3, -0.25) is 9.59 Å². The Kier molecular flexibility index (Phi) is 5.53. The normalized spacial score (nSPS) is 17.6. The van der Waals surface area contributed by atoms with Crippen LogP contribution in [0.15, 0.2) is 41.8 Å². The number of carbonyl (C=O) groups excluding carboxylic acids is 2. The van der Waals surface area contributed by atoms with E-state index in [1.54, 1.807) is 6.07 Å². The lowest BCUT2D eigenvalue weighted by atomic mass is 9.87. The molecule has 2 atom stereocenters. The van der Waals surface area contributed by atoms with Crippen LogP contribution >= 0.6 is 11.3 Å². The van der Waals surface area contributed by atoms with Gasteiger partial charge in [0.15, 0.2) is 0 Å². The first-order valence-corrected chi connectivity index (χ1v) is 9.66. The zero-order valence-corrected chi connectivity index (χ0v) is 15.4. The quantitative estimate of drug-likeness (QED) is 0.858. The highest BCUT2D eigenvalue weighted by Crippen LogP contribution is 2.29. The number of aryl methyl sites for hydroxylation is 1. The van der Waals surface area contributed by atoms with Crippen LogP contribution in [0, 0.1) is 5.92 Å². The van der Waals surface area contributed by atoms with Gasteiger partial charge in [-0.1, -0.05) is 44.2 Å². The van der Waals surface area contributed by atoms with Gasteiger partial charge in [0, 0.05) is 0 Å². The molecule has 1 heterocycles. The van der Waals surface area contributed by atoms with Crippen LogP contribution in [0.3, 0.4) is 0 Å². The molecule has 3 rings (SSSR count). The molecule has 0 spiro atoms. The lowest BCUT2D eigenvalue weighted by molar-refractivity contribution is -0.124. The van der Waals surface area contributed by atoms with Gasteiger partial charge in [0.25, 0.3) is 5.91 Å². The van der Waals surface area contributed by atoms with Crippen molar-refractivity contribution < 1.29 is 9.59 Å². The molecule has 0 unspecified atom stereocenters. The van der Waals surface area contributed by atoms with Crippen molar-refractivity contribution in [3.63, 3.8) is 0 Å². The first kappa shape index (κ1) is 17.7. The highest BCUT2D eigenvalue weighted by Gasteiger charge is 2.28. The van der Waals surface area contributed by atoms with Crippen molar-refractivity contribution in [1.29, 1.82) is 0 Å². The van der Waals surface area contributed by atoms with E-state index in [9.17, 15) is 9.59 Å². The molecular formula is C20H24N2O2S. The lowest BCUT2D eigenvalue weighted by Crippen LogP contribution is -2.50. The molecule has 2 N–H and O–H groups in total. The van der Waals surface area contributed by atoms with Crippen LogP contribution in [0.5, 0.6) is 0 Å². The van der Waals surface area contributed by atoms with Crippen LogP contribution in [0.25, 0.3) is 0 Å². The molecule has 2 aromatic rings. The fourth-order valence-corrected chi connectivity index (χ4v) is 3.95. The minimum Gasteiger partial charge on any atom is -0.347 e. The molecule has 0 radical (unpaired) electrons. The molecule has 1 aromatic heterocycles. The zero-order chi connectivity index (χ0) is 17.8. The SMILES string of the molecule is CC(C)[C@H](NC(=O)c1cccs1)C(=O)N[C@H]1CCCc2ccccc21. The molecule has 1 aliphatic rings. The van der Waals surface area contributed by atoms with Gasteiger partial charge >= 0.3 is 0 Å². The van der Waals surface area contributed by atoms with Crippen molar-refractivity contribution in [3.05, 3.63) is 57.8 Å². The Bertz CT molecular complexity index is 740. The van der Waals surface area contributed by atoms with Crippen molar-refractivity contribution in [1.82, 2.24) is 10.6 Å². The summed E-state index contributed by atoms with van der Waals surface area (Å²) in [5.74, 6) is -0.280. The van der Waals surface area contributed by atoms with Crippen molar-refractivity contribution in [2.45, 2.75) is 45.2 Å². The minimum absolute atomic E-state index is 0.0164. The number of benzene rings is 1. The number of thiophene rings is 1. The average molecular weight is 356 g/mol. The van der Waals surface area contributed by atoms with Crippen LogP contribution in [-0.4, -0.2) is 17.9 Å². The Labute approximate surface area is 152 Å². The molecule has 1 aliphatic carbocycles. The fourth-order valence-electron chi connectivity index (χ4n) is 3.32. The number of hydrogen-bond acceptors (Lipinski definition) is 3. The summed E-state index contributed by atoms with van der Waals surface area (Å²) in [5.41, 5.74) is 2.51. The third kappa shape index (κ3) is 4.10. The molecule has 0 fully saturated rings. The largest absolute Gasteiger partial charge is 0.347 e. The Morgan fingerprint density at radius 1 is 1.16 bits per heavy atom. The summed E-state index contributed by atoms with van der Waals surface area (Å²) in [5, 5.41) is 7.91. The summed E-state index contributed by atoms with van der Waals surface area (Å²) in [6.07, 6.45) is 3.06. The zero-order valence-electron chi connectivity index (χ0n) is 14.6. The summed E-state index contributed by atoms with van der Waals surface area (Å²) >= 11 is 1.38. The van der Waals surface area contributed by atoms with E-state index >= 15 is 0 Å². The molecule has 0 aliphatic heterocycles. The summed E-state index contributed by atoms with van der Waals surface area (Å²) < 4.78 is 0. The van der Waals surface area contributed by atoms with E-state index in [2.05, 4.69) is 22.8 Å². The molecule has 2 amide bonds. The van der Waals surface area contributed by atoms with Crippen molar-refractivity contribution >= 4 is 23.2 Å². The van der Waals surface area contributed by atoms with Crippen molar-refractivity contribution in [3.8, 4) is 0 Å². The smallest absolute Gasteiger partial charge is 0.262 e. The van der Waals surface area contributed by atoms with Gasteiger partial charge in [-0.2, -0.15) is 0 Å². The standard InChI is InChI=1S/C20H24N2O2S/c1-13(2)18(22-19(23)17-11-6-12-25-17)20(24)21-16-10-5-8-14-7-3-4-9-15(14)16/h3-4,6-7,9,11-13,16,18H,5,8,10H2,1-2H3,(H,21,24)(H,22,23)/t16-,18-/m0/s1. The van der Waals surface area contributed by atoms with E-state index in [0.717, 1.165) is 19.3 Å². The van der Waals surface area contributed by atoms with E-state index < -0.39 is 6.04 Å². The van der Waals surface area contributed by atoms with Crippen LogP contribution < -0.4 is 10.6 Å². The Balaban J connectivity index is 1.71. The highest BCUT2D eigenvalue weighted by molar-refractivity contribution is 7.12. The van der Waals surface area contributed by atoms with Crippen LogP contribution in [0.4, 0.5) is 0 Å². The third-order valence-electron chi connectivity index (χ3n) is 4.67. The number of hydrogen-bond donors (Lipinski definition) is 2. The number of amides is 2. The molecule has 0 saturated heterocycles. The predicted octanol–water partition coefficient (Wildman–Crippen LogP) is 3.70.